The van der Waals surface area contributed by atoms with Gasteiger partial charge in [0.2, 0.25) is 15.9 Å². The monoisotopic (exact) mass is 298 g/mol. The summed E-state index contributed by atoms with van der Waals surface area (Å²) in [5.74, 6) is 0.480. The molecule has 7 heteroatoms. The van der Waals surface area contributed by atoms with Gasteiger partial charge < -0.3 is 10.1 Å². The van der Waals surface area contributed by atoms with E-state index < -0.39 is 10.0 Å². The first-order valence-corrected chi connectivity index (χ1v) is 8.28. The summed E-state index contributed by atoms with van der Waals surface area (Å²) in [5.41, 5.74) is 1.02. The van der Waals surface area contributed by atoms with Crippen LogP contribution in [-0.4, -0.2) is 40.3 Å². The van der Waals surface area contributed by atoms with Crippen LogP contribution in [0, 0.1) is 5.92 Å². The molecule has 1 aliphatic rings. The summed E-state index contributed by atoms with van der Waals surface area (Å²) >= 11 is 0. The fourth-order valence-electron chi connectivity index (χ4n) is 2.06. The molecule has 0 unspecified atom stereocenters. The topological polar surface area (TPSA) is 84.5 Å². The van der Waals surface area contributed by atoms with Gasteiger partial charge in [-0.25, -0.2) is 13.1 Å². The zero-order valence-corrected chi connectivity index (χ0v) is 12.1. The van der Waals surface area contributed by atoms with Gasteiger partial charge in [-0.2, -0.15) is 0 Å². The molecule has 6 nitrogen and oxygen atoms in total. The zero-order chi connectivity index (χ0) is 14.6. The van der Waals surface area contributed by atoms with Gasteiger partial charge in [0.25, 0.3) is 0 Å². The van der Waals surface area contributed by atoms with E-state index in [0.717, 1.165) is 17.6 Å². The van der Waals surface area contributed by atoms with E-state index in [2.05, 4.69) is 10.0 Å². The summed E-state index contributed by atoms with van der Waals surface area (Å²) in [5, 5.41) is 2.71. The normalized spacial score (nSPS) is 17.9. The van der Waals surface area contributed by atoms with E-state index in [1.807, 2.05) is 24.3 Å². The Morgan fingerprint density at radius 3 is 2.85 bits per heavy atom. The molecule has 0 saturated carbocycles. The van der Waals surface area contributed by atoms with Crippen LogP contribution in [0.3, 0.4) is 0 Å². The molecular formula is C13H18N2O4S. The number of hydrogen-bond acceptors (Lipinski definition) is 4. The number of hydrogen-bond donors (Lipinski definition) is 2. The van der Waals surface area contributed by atoms with E-state index >= 15 is 0 Å². The minimum absolute atomic E-state index is 0.116. The van der Waals surface area contributed by atoms with Crippen molar-refractivity contribution in [1.82, 2.24) is 10.0 Å². The Morgan fingerprint density at radius 1 is 1.35 bits per heavy atom. The van der Waals surface area contributed by atoms with Crippen LogP contribution in [0.4, 0.5) is 0 Å². The number of amides is 1. The Bertz CT molecular complexity index is 586. The Balaban J connectivity index is 1.80. The zero-order valence-electron chi connectivity index (χ0n) is 11.3. The first-order valence-electron chi connectivity index (χ1n) is 6.39. The molecule has 0 aliphatic carbocycles. The van der Waals surface area contributed by atoms with Gasteiger partial charge in [-0.3, -0.25) is 4.79 Å². The van der Waals surface area contributed by atoms with Crippen molar-refractivity contribution in [3.05, 3.63) is 29.8 Å². The quantitative estimate of drug-likeness (QED) is 0.744. The fourth-order valence-corrected chi connectivity index (χ4v) is 2.54. The molecule has 110 valence electrons. The first-order chi connectivity index (χ1) is 9.46. The predicted octanol–water partition coefficient (Wildman–Crippen LogP) is -0.0969. The van der Waals surface area contributed by atoms with Crippen molar-refractivity contribution in [2.75, 3.05) is 26.0 Å². The van der Waals surface area contributed by atoms with Crippen LogP contribution < -0.4 is 14.8 Å². The molecule has 1 aliphatic heterocycles. The van der Waals surface area contributed by atoms with Crippen molar-refractivity contribution < 1.29 is 17.9 Å². The highest BCUT2D eigenvalue weighted by Crippen LogP contribution is 2.26. The molecule has 1 heterocycles. The van der Waals surface area contributed by atoms with E-state index in [-0.39, 0.29) is 24.9 Å². The van der Waals surface area contributed by atoms with Crippen LogP contribution >= 0.6 is 0 Å². The summed E-state index contributed by atoms with van der Waals surface area (Å²) in [6.07, 6.45) is 1.72. The third-order valence-electron chi connectivity index (χ3n) is 3.04. The molecule has 0 fully saturated rings. The molecule has 1 amide bonds. The average molecular weight is 298 g/mol. The number of fused-ring (bicyclic) bond motifs is 1. The molecule has 20 heavy (non-hydrogen) atoms. The molecule has 2 rings (SSSR count). The molecule has 1 aromatic rings. The van der Waals surface area contributed by atoms with Crippen LogP contribution in [0.15, 0.2) is 24.3 Å². The van der Waals surface area contributed by atoms with Crippen molar-refractivity contribution in [3.8, 4) is 5.75 Å². The number of sulfonamides is 1. The van der Waals surface area contributed by atoms with E-state index in [4.69, 9.17) is 4.74 Å². The molecule has 0 aromatic heterocycles. The number of nitrogens with one attached hydrogen (secondary N) is 2. The van der Waals surface area contributed by atoms with Crippen molar-refractivity contribution in [2.24, 2.45) is 5.92 Å². The third-order valence-corrected chi connectivity index (χ3v) is 3.77. The maximum Gasteiger partial charge on any atom is 0.226 e. The number of carbonyl (C=O) groups is 1. The minimum atomic E-state index is -3.21. The number of rotatable bonds is 5. The summed E-state index contributed by atoms with van der Waals surface area (Å²) in [6.45, 7) is 0.807. The lowest BCUT2D eigenvalue weighted by Gasteiger charge is -2.24. The van der Waals surface area contributed by atoms with Crippen LogP contribution in [0.1, 0.15) is 5.56 Å². The van der Waals surface area contributed by atoms with Crippen molar-refractivity contribution in [1.29, 1.82) is 0 Å². The minimum Gasteiger partial charge on any atom is -0.492 e. The van der Waals surface area contributed by atoms with Crippen molar-refractivity contribution in [3.63, 3.8) is 0 Å². The van der Waals surface area contributed by atoms with Crippen LogP contribution in [0.5, 0.6) is 5.75 Å². The third kappa shape index (κ3) is 4.21. The van der Waals surface area contributed by atoms with E-state index in [0.29, 0.717) is 13.0 Å². The SMILES string of the molecule is CS(=O)(=O)NCCNC(=O)[C@H]1COc2ccccc2C1. The maximum absolute atomic E-state index is 12.0. The fraction of sp³-hybridized carbons (Fsp3) is 0.462. The number of carbonyl (C=O) groups excluding carboxylic acids is 1. The van der Waals surface area contributed by atoms with Crippen molar-refractivity contribution >= 4 is 15.9 Å². The highest BCUT2D eigenvalue weighted by molar-refractivity contribution is 7.88. The highest BCUT2D eigenvalue weighted by Gasteiger charge is 2.25. The maximum atomic E-state index is 12.0. The largest absolute Gasteiger partial charge is 0.492 e. The van der Waals surface area contributed by atoms with Crippen LogP contribution in [0.25, 0.3) is 0 Å². The number of benzene rings is 1. The number of para-hydroxylation sites is 1. The lowest BCUT2D eigenvalue weighted by atomic mass is 9.96. The van der Waals surface area contributed by atoms with Crippen molar-refractivity contribution in [2.45, 2.75) is 6.42 Å². The van der Waals surface area contributed by atoms with E-state index in [9.17, 15) is 13.2 Å². The molecule has 1 atom stereocenters. The number of ether oxygens (including phenoxy) is 1. The molecule has 0 spiro atoms. The summed E-state index contributed by atoms with van der Waals surface area (Å²) in [4.78, 5) is 12.0. The standard InChI is InChI=1S/C13H18N2O4S/c1-20(17,18)15-7-6-14-13(16)11-8-10-4-2-3-5-12(10)19-9-11/h2-5,11,15H,6-9H2,1H3,(H,14,16)/t11-/m1/s1. The highest BCUT2D eigenvalue weighted by atomic mass is 32.2. The summed E-state index contributed by atoms with van der Waals surface area (Å²) < 4.78 is 29.6. The average Bonchev–Trinajstić information content (AvgIpc) is 2.42. The van der Waals surface area contributed by atoms with Crippen LogP contribution in [0.2, 0.25) is 0 Å². The van der Waals surface area contributed by atoms with Gasteiger partial charge in [0.05, 0.1) is 12.2 Å². The first kappa shape index (κ1) is 14.8. The molecule has 0 saturated heterocycles. The molecule has 1 aromatic carbocycles. The lowest BCUT2D eigenvalue weighted by molar-refractivity contribution is -0.126. The Morgan fingerprint density at radius 2 is 2.10 bits per heavy atom. The van der Waals surface area contributed by atoms with E-state index in [1.54, 1.807) is 0 Å². The summed E-state index contributed by atoms with van der Waals surface area (Å²) in [6, 6.07) is 7.65. The lowest BCUT2D eigenvalue weighted by Crippen LogP contribution is -2.40. The second-order valence-electron chi connectivity index (χ2n) is 4.78. The van der Waals surface area contributed by atoms with Gasteiger partial charge >= 0.3 is 0 Å². The van der Waals surface area contributed by atoms with Gasteiger partial charge in [-0.05, 0) is 18.1 Å². The van der Waals surface area contributed by atoms with Gasteiger partial charge in [-0.15, -0.1) is 0 Å². The van der Waals surface area contributed by atoms with Crippen LogP contribution in [-0.2, 0) is 21.2 Å². The second-order valence-corrected chi connectivity index (χ2v) is 6.61. The van der Waals surface area contributed by atoms with E-state index in [1.165, 1.54) is 0 Å². The molecule has 2 N–H and O–H groups in total. The predicted molar refractivity (Wildman–Crippen MR) is 75.0 cm³/mol. The Labute approximate surface area is 118 Å². The Hall–Kier alpha value is -1.60. The molecule has 0 radical (unpaired) electrons. The summed E-state index contributed by atoms with van der Waals surface area (Å²) in [7, 11) is -3.21. The van der Waals surface area contributed by atoms with Gasteiger partial charge in [0.15, 0.2) is 0 Å². The van der Waals surface area contributed by atoms with Gasteiger partial charge in [0.1, 0.15) is 12.4 Å². The Kier molecular flexibility index (Phi) is 4.61. The second kappa shape index (κ2) is 6.23. The molecule has 0 bridgehead atoms. The van der Waals surface area contributed by atoms with Gasteiger partial charge in [-0.1, -0.05) is 18.2 Å². The molecular weight excluding hydrogens is 280 g/mol. The smallest absolute Gasteiger partial charge is 0.226 e. The van der Waals surface area contributed by atoms with Gasteiger partial charge in [0, 0.05) is 13.1 Å².